The van der Waals surface area contributed by atoms with Gasteiger partial charge in [-0.3, -0.25) is 9.78 Å². The van der Waals surface area contributed by atoms with E-state index in [9.17, 15) is 18.0 Å². The predicted octanol–water partition coefficient (Wildman–Crippen LogP) is 3.08. The van der Waals surface area contributed by atoms with Crippen LogP contribution in [0.15, 0.2) is 71.8 Å². The zero-order valence-electron chi connectivity index (χ0n) is 14.3. The molecule has 0 aliphatic heterocycles. The number of carbonyl (C=O) groups is 2. The second kappa shape index (κ2) is 7.13. The number of rotatable bonds is 5. The summed E-state index contributed by atoms with van der Waals surface area (Å²) in [6, 6.07) is 15.1. The lowest BCUT2D eigenvalue weighted by Gasteiger charge is -2.09. The number of nitrogens with zero attached hydrogens (tertiary/aromatic N) is 1. The number of hydrogen-bond acceptors (Lipinski definition) is 5. The lowest BCUT2D eigenvalue weighted by Crippen LogP contribution is -2.07. The van der Waals surface area contributed by atoms with Gasteiger partial charge in [-0.25, -0.2) is 13.2 Å². The van der Waals surface area contributed by atoms with Crippen molar-refractivity contribution in [1.82, 2.24) is 4.98 Å². The lowest BCUT2D eigenvalue weighted by molar-refractivity contribution is 0.0697. The number of aromatic nitrogens is 1. The van der Waals surface area contributed by atoms with Gasteiger partial charge in [0, 0.05) is 29.1 Å². The van der Waals surface area contributed by atoms with Crippen LogP contribution in [0.2, 0.25) is 0 Å². The molecular formula is C20H15NO5S. The highest BCUT2D eigenvalue weighted by molar-refractivity contribution is 7.90. The minimum absolute atomic E-state index is 0.0174. The molecule has 27 heavy (non-hydrogen) atoms. The normalized spacial score (nSPS) is 11.1. The van der Waals surface area contributed by atoms with Crippen LogP contribution in [0.1, 0.15) is 26.3 Å². The van der Waals surface area contributed by atoms with E-state index in [1.807, 2.05) is 0 Å². The molecular weight excluding hydrogens is 366 g/mol. The molecule has 0 unspecified atom stereocenters. The van der Waals surface area contributed by atoms with Crippen molar-refractivity contribution in [2.24, 2.45) is 0 Å². The molecule has 0 fully saturated rings. The predicted molar refractivity (Wildman–Crippen MR) is 99.6 cm³/mol. The average Bonchev–Trinajstić information content (AvgIpc) is 2.67. The fraction of sp³-hybridized carbons (Fsp3) is 0.0500. The van der Waals surface area contributed by atoms with Crippen LogP contribution in [-0.4, -0.2) is 36.5 Å². The third-order valence-corrected chi connectivity index (χ3v) is 5.11. The van der Waals surface area contributed by atoms with Crippen LogP contribution >= 0.6 is 0 Å². The van der Waals surface area contributed by atoms with Crippen LogP contribution in [0.3, 0.4) is 0 Å². The van der Waals surface area contributed by atoms with Crippen molar-refractivity contribution in [2.45, 2.75) is 4.90 Å². The molecule has 0 bridgehead atoms. The molecule has 7 heteroatoms. The molecule has 0 atom stereocenters. The Kier molecular flexibility index (Phi) is 4.87. The van der Waals surface area contributed by atoms with E-state index < -0.39 is 15.8 Å². The SMILES string of the molecule is CS(=O)(=O)c1ccc(-c2ncccc2C(=O)c2cccc(C(=O)O)c2)cc1. The summed E-state index contributed by atoms with van der Waals surface area (Å²) in [5, 5.41) is 9.11. The summed E-state index contributed by atoms with van der Waals surface area (Å²) in [5.41, 5.74) is 1.52. The first-order chi connectivity index (χ1) is 12.8. The summed E-state index contributed by atoms with van der Waals surface area (Å²) in [5.74, 6) is -1.49. The van der Waals surface area contributed by atoms with Crippen molar-refractivity contribution >= 4 is 21.6 Å². The van der Waals surface area contributed by atoms with E-state index >= 15 is 0 Å². The number of ketones is 1. The largest absolute Gasteiger partial charge is 0.478 e. The number of carboxylic acid groups (broad SMARTS) is 1. The van der Waals surface area contributed by atoms with Crippen LogP contribution in [0.25, 0.3) is 11.3 Å². The van der Waals surface area contributed by atoms with Gasteiger partial charge < -0.3 is 5.11 Å². The number of benzene rings is 2. The summed E-state index contributed by atoms with van der Waals surface area (Å²) in [6.45, 7) is 0. The Bertz CT molecular complexity index is 1140. The first-order valence-corrected chi connectivity index (χ1v) is 9.80. The molecule has 0 aliphatic carbocycles. The molecule has 6 nitrogen and oxygen atoms in total. The Morgan fingerprint density at radius 1 is 0.926 bits per heavy atom. The maximum absolute atomic E-state index is 12.9. The van der Waals surface area contributed by atoms with Crippen molar-refractivity contribution in [3.63, 3.8) is 0 Å². The van der Waals surface area contributed by atoms with Gasteiger partial charge in [-0.1, -0.05) is 24.3 Å². The first kappa shape index (κ1) is 18.5. The Balaban J connectivity index is 2.05. The van der Waals surface area contributed by atoms with Crippen LogP contribution in [0.4, 0.5) is 0 Å². The molecule has 2 aromatic carbocycles. The van der Waals surface area contributed by atoms with Gasteiger partial charge in [-0.2, -0.15) is 0 Å². The molecule has 0 saturated carbocycles. The van der Waals surface area contributed by atoms with Gasteiger partial charge in [0.15, 0.2) is 15.6 Å². The number of hydrogen-bond donors (Lipinski definition) is 1. The van der Waals surface area contributed by atoms with E-state index in [1.165, 1.54) is 42.6 Å². The Labute approximate surface area is 156 Å². The van der Waals surface area contributed by atoms with E-state index in [0.29, 0.717) is 16.8 Å². The van der Waals surface area contributed by atoms with E-state index in [-0.39, 0.29) is 21.8 Å². The Morgan fingerprint density at radius 2 is 1.59 bits per heavy atom. The lowest BCUT2D eigenvalue weighted by atomic mass is 9.97. The smallest absolute Gasteiger partial charge is 0.335 e. The van der Waals surface area contributed by atoms with E-state index in [2.05, 4.69) is 4.98 Å². The second-order valence-corrected chi connectivity index (χ2v) is 7.93. The number of sulfone groups is 1. The van der Waals surface area contributed by atoms with E-state index in [1.54, 1.807) is 24.3 Å². The highest BCUT2D eigenvalue weighted by atomic mass is 32.2. The Hall–Kier alpha value is -3.32. The van der Waals surface area contributed by atoms with Crippen molar-refractivity contribution in [2.75, 3.05) is 6.26 Å². The fourth-order valence-electron chi connectivity index (χ4n) is 2.63. The van der Waals surface area contributed by atoms with Gasteiger partial charge in [0.2, 0.25) is 0 Å². The summed E-state index contributed by atoms with van der Waals surface area (Å²) >= 11 is 0. The van der Waals surface area contributed by atoms with Crippen LogP contribution in [-0.2, 0) is 9.84 Å². The van der Waals surface area contributed by atoms with Gasteiger partial charge in [-0.05, 0) is 36.4 Å². The molecule has 3 rings (SSSR count). The van der Waals surface area contributed by atoms with E-state index in [4.69, 9.17) is 5.11 Å². The fourth-order valence-corrected chi connectivity index (χ4v) is 3.26. The molecule has 0 aliphatic rings. The Morgan fingerprint density at radius 3 is 2.22 bits per heavy atom. The molecule has 136 valence electrons. The third kappa shape index (κ3) is 3.93. The highest BCUT2D eigenvalue weighted by Gasteiger charge is 2.17. The maximum Gasteiger partial charge on any atom is 0.335 e. The highest BCUT2D eigenvalue weighted by Crippen LogP contribution is 2.25. The van der Waals surface area contributed by atoms with Gasteiger partial charge in [0.25, 0.3) is 0 Å². The molecule has 1 aromatic heterocycles. The molecule has 0 saturated heterocycles. The van der Waals surface area contributed by atoms with Crippen molar-refractivity contribution in [3.05, 3.63) is 83.6 Å². The van der Waals surface area contributed by atoms with Gasteiger partial charge in [-0.15, -0.1) is 0 Å². The topological polar surface area (TPSA) is 101 Å². The molecule has 0 spiro atoms. The summed E-state index contributed by atoms with van der Waals surface area (Å²) in [4.78, 5) is 28.5. The van der Waals surface area contributed by atoms with Crippen LogP contribution < -0.4 is 0 Å². The van der Waals surface area contributed by atoms with Gasteiger partial charge in [0.05, 0.1) is 16.2 Å². The minimum atomic E-state index is -3.33. The zero-order valence-corrected chi connectivity index (χ0v) is 15.1. The summed E-state index contributed by atoms with van der Waals surface area (Å²) < 4.78 is 23.2. The van der Waals surface area contributed by atoms with E-state index in [0.717, 1.165) is 6.26 Å². The summed E-state index contributed by atoms with van der Waals surface area (Å²) in [6.07, 6.45) is 2.65. The quantitative estimate of drug-likeness (QED) is 0.682. The second-order valence-electron chi connectivity index (χ2n) is 5.91. The standard InChI is InChI=1S/C20H15NO5S/c1-27(25,26)16-9-7-13(8-10-16)18-17(6-3-11-21-18)19(22)14-4-2-5-15(12-14)20(23)24/h2-12H,1H3,(H,23,24). The van der Waals surface area contributed by atoms with Gasteiger partial charge in [0.1, 0.15) is 0 Å². The number of carbonyl (C=O) groups excluding carboxylic acids is 1. The third-order valence-electron chi connectivity index (χ3n) is 3.98. The summed E-state index contributed by atoms with van der Waals surface area (Å²) in [7, 11) is -3.33. The molecule has 0 amide bonds. The number of carboxylic acids is 1. The maximum atomic E-state index is 12.9. The van der Waals surface area contributed by atoms with Crippen molar-refractivity contribution in [1.29, 1.82) is 0 Å². The number of pyridine rings is 1. The minimum Gasteiger partial charge on any atom is -0.478 e. The van der Waals surface area contributed by atoms with Crippen LogP contribution in [0, 0.1) is 0 Å². The molecule has 1 N–H and O–H groups in total. The monoisotopic (exact) mass is 381 g/mol. The van der Waals surface area contributed by atoms with Crippen molar-refractivity contribution in [3.8, 4) is 11.3 Å². The van der Waals surface area contributed by atoms with Crippen molar-refractivity contribution < 1.29 is 23.1 Å². The average molecular weight is 381 g/mol. The molecule has 0 radical (unpaired) electrons. The zero-order chi connectivity index (χ0) is 19.6. The molecule has 1 heterocycles. The van der Waals surface area contributed by atoms with Crippen LogP contribution in [0.5, 0.6) is 0 Å². The molecule has 3 aromatic rings. The first-order valence-electron chi connectivity index (χ1n) is 7.91. The number of aromatic carboxylic acids is 1. The van der Waals surface area contributed by atoms with Gasteiger partial charge >= 0.3 is 5.97 Å².